The lowest BCUT2D eigenvalue weighted by molar-refractivity contribution is -0.120. The van der Waals surface area contributed by atoms with E-state index >= 15 is 0 Å². The molecular weight excluding hydrogens is 254 g/mol. The lowest BCUT2D eigenvalue weighted by Crippen LogP contribution is -2.46. The number of urea groups is 1. The van der Waals surface area contributed by atoms with E-state index in [9.17, 15) is 9.59 Å². The van der Waals surface area contributed by atoms with Crippen LogP contribution in [0.25, 0.3) is 0 Å². The van der Waals surface area contributed by atoms with Gasteiger partial charge >= 0.3 is 6.03 Å². The van der Waals surface area contributed by atoms with Crippen LogP contribution < -0.4 is 16.0 Å². The van der Waals surface area contributed by atoms with Gasteiger partial charge in [-0.15, -0.1) is 6.42 Å². The van der Waals surface area contributed by atoms with E-state index in [-0.39, 0.29) is 11.9 Å². The Morgan fingerprint density at radius 2 is 2.15 bits per heavy atom. The van der Waals surface area contributed by atoms with Crippen molar-refractivity contribution in [2.45, 2.75) is 31.8 Å². The molecule has 1 unspecified atom stereocenters. The molecule has 5 heteroatoms. The summed E-state index contributed by atoms with van der Waals surface area (Å²) >= 11 is 0. The molecule has 0 heterocycles. The van der Waals surface area contributed by atoms with Crippen LogP contribution >= 0.6 is 0 Å². The summed E-state index contributed by atoms with van der Waals surface area (Å²) in [6.45, 7) is 1.68. The molecular formula is C15H17N3O2. The molecule has 20 heavy (non-hydrogen) atoms. The second-order valence-corrected chi connectivity index (χ2v) is 4.83. The average molecular weight is 271 g/mol. The van der Waals surface area contributed by atoms with Gasteiger partial charge in [-0.25, -0.2) is 4.79 Å². The molecule has 0 aliphatic heterocycles. The standard InChI is InChI=1S/C15H17N3O2/c1-3-11-5-4-6-13(9-11)16-10(2)14(19)18-15(20)17-12-7-8-12/h1,4-6,9-10,12,16H,7-8H2,2H3,(H2,17,18,19,20). The molecule has 1 aromatic rings. The highest BCUT2D eigenvalue weighted by atomic mass is 16.2. The maximum atomic E-state index is 11.8. The van der Waals surface area contributed by atoms with Crippen LogP contribution in [0.5, 0.6) is 0 Å². The number of benzene rings is 1. The van der Waals surface area contributed by atoms with Gasteiger partial charge in [0.15, 0.2) is 0 Å². The highest BCUT2D eigenvalue weighted by molar-refractivity contribution is 5.98. The average Bonchev–Trinajstić information content (AvgIpc) is 3.22. The zero-order chi connectivity index (χ0) is 14.5. The van der Waals surface area contributed by atoms with Gasteiger partial charge in [-0.05, 0) is 38.0 Å². The number of anilines is 1. The lowest BCUT2D eigenvalue weighted by Gasteiger charge is -2.15. The molecule has 0 spiro atoms. The van der Waals surface area contributed by atoms with Crippen molar-refractivity contribution in [3.8, 4) is 12.3 Å². The van der Waals surface area contributed by atoms with Crippen LogP contribution in [-0.2, 0) is 4.79 Å². The third-order valence-electron chi connectivity index (χ3n) is 2.95. The SMILES string of the molecule is C#Cc1cccc(NC(C)C(=O)NC(=O)NC2CC2)c1. The second-order valence-electron chi connectivity index (χ2n) is 4.83. The fourth-order valence-corrected chi connectivity index (χ4v) is 1.68. The van der Waals surface area contributed by atoms with Gasteiger partial charge in [-0.1, -0.05) is 12.0 Å². The van der Waals surface area contributed by atoms with Crippen LogP contribution in [0.2, 0.25) is 0 Å². The Morgan fingerprint density at radius 3 is 2.80 bits per heavy atom. The first-order valence-corrected chi connectivity index (χ1v) is 6.53. The summed E-state index contributed by atoms with van der Waals surface area (Å²) in [7, 11) is 0. The first kappa shape index (κ1) is 13.9. The molecule has 1 atom stereocenters. The molecule has 104 valence electrons. The number of imide groups is 1. The van der Waals surface area contributed by atoms with Crippen LogP contribution in [0.4, 0.5) is 10.5 Å². The van der Waals surface area contributed by atoms with E-state index < -0.39 is 12.1 Å². The van der Waals surface area contributed by atoms with Crippen LogP contribution in [0.3, 0.4) is 0 Å². The minimum Gasteiger partial charge on any atom is -0.374 e. The van der Waals surface area contributed by atoms with Gasteiger partial charge in [0.2, 0.25) is 5.91 Å². The normalized spacial score (nSPS) is 14.8. The molecule has 1 aliphatic rings. The van der Waals surface area contributed by atoms with E-state index in [1.54, 1.807) is 19.1 Å². The third kappa shape index (κ3) is 4.02. The van der Waals surface area contributed by atoms with Crippen molar-refractivity contribution >= 4 is 17.6 Å². The molecule has 0 saturated heterocycles. The predicted molar refractivity (Wildman–Crippen MR) is 77.2 cm³/mol. The van der Waals surface area contributed by atoms with Crippen molar-refractivity contribution < 1.29 is 9.59 Å². The summed E-state index contributed by atoms with van der Waals surface area (Å²) in [6.07, 6.45) is 7.28. The van der Waals surface area contributed by atoms with E-state index in [0.29, 0.717) is 0 Å². The molecule has 1 aliphatic carbocycles. The summed E-state index contributed by atoms with van der Waals surface area (Å²) in [5, 5.41) is 8.01. The Balaban J connectivity index is 1.86. The molecule has 0 radical (unpaired) electrons. The van der Waals surface area contributed by atoms with Gasteiger partial charge in [0, 0.05) is 17.3 Å². The fourth-order valence-electron chi connectivity index (χ4n) is 1.68. The van der Waals surface area contributed by atoms with Crippen LogP contribution in [0, 0.1) is 12.3 Å². The topological polar surface area (TPSA) is 70.2 Å². The number of nitrogens with one attached hydrogen (secondary N) is 3. The summed E-state index contributed by atoms with van der Waals surface area (Å²) in [5.74, 6) is 2.15. The molecule has 2 rings (SSSR count). The van der Waals surface area contributed by atoms with E-state index in [0.717, 1.165) is 24.1 Å². The van der Waals surface area contributed by atoms with E-state index in [4.69, 9.17) is 6.42 Å². The fraction of sp³-hybridized carbons (Fsp3) is 0.333. The Kier molecular flexibility index (Phi) is 4.26. The highest BCUT2D eigenvalue weighted by Gasteiger charge is 2.24. The second kappa shape index (κ2) is 6.11. The number of terminal acetylenes is 1. The largest absolute Gasteiger partial charge is 0.374 e. The number of rotatable bonds is 4. The quantitative estimate of drug-likeness (QED) is 0.726. The smallest absolute Gasteiger partial charge is 0.321 e. The molecule has 5 nitrogen and oxygen atoms in total. The van der Waals surface area contributed by atoms with Crippen LogP contribution in [-0.4, -0.2) is 24.0 Å². The van der Waals surface area contributed by atoms with Gasteiger partial charge in [0.05, 0.1) is 0 Å². The van der Waals surface area contributed by atoms with Crippen LogP contribution in [0.15, 0.2) is 24.3 Å². The Hall–Kier alpha value is -2.48. The zero-order valence-electron chi connectivity index (χ0n) is 11.3. The van der Waals surface area contributed by atoms with Gasteiger partial charge in [0.25, 0.3) is 0 Å². The molecule has 3 amide bonds. The number of hydrogen-bond donors (Lipinski definition) is 3. The predicted octanol–water partition coefficient (Wildman–Crippen LogP) is 1.46. The Bertz CT molecular complexity index is 558. The number of amides is 3. The summed E-state index contributed by atoms with van der Waals surface area (Å²) in [6, 6.07) is 6.44. The maximum Gasteiger partial charge on any atom is 0.321 e. The minimum absolute atomic E-state index is 0.221. The van der Waals surface area contributed by atoms with E-state index in [1.165, 1.54) is 0 Å². The van der Waals surface area contributed by atoms with Crippen LogP contribution in [0.1, 0.15) is 25.3 Å². The Labute approximate surface area is 118 Å². The van der Waals surface area contributed by atoms with Crippen molar-refractivity contribution in [3.05, 3.63) is 29.8 Å². The van der Waals surface area contributed by atoms with Gasteiger partial charge < -0.3 is 10.6 Å². The van der Waals surface area contributed by atoms with Gasteiger partial charge in [-0.3, -0.25) is 10.1 Å². The third-order valence-corrected chi connectivity index (χ3v) is 2.95. The molecule has 1 saturated carbocycles. The van der Waals surface area contributed by atoms with Crippen molar-refractivity contribution in [2.75, 3.05) is 5.32 Å². The number of hydrogen-bond acceptors (Lipinski definition) is 3. The maximum absolute atomic E-state index is 11.8. The summed E-state index contributed by atoms with van der Waals surface area (Å²) in [4.78, 5) is 23.3. The lowest BCUT2D eigenvalue weighted by atomic mass is 10.2. The monoisotopic (exact) mass is 271 g/mol. The summed E-state index contributed by atoms with van der Waals surface area (Å²) < 4.78 is 0. The van der Waals surface area contributed by atoms with Gasteiger partial charge in [-0.2, -0.15) is 0 Å². The van der Waals surface area contributed by atoms with Crippen molar-refractivity contribution in [1.29, 1.82) is 0 Å². The van der Waals surface area contributed by atoms with E-state index in [1.807, 2.05) is 12.1 Å². The first-order chi connectivity index (χ1) is 9.58. The molecule has 1 fully saturated rings. The van der Waals surface area contributed by atoms with E-state index in [2.05, 4.69) is 21.9 Å². The zero-order valence-corrected chi connectivity index (χ0v) is 11.3. The van der Waals surface area contributed by atoms with Gasteiger partial charge in [0.1, 0.15) is 6.04 Å². The molecule has 1 aromatic carbocycles. The van der Waals surface area contributed by atoms with Crippen molar-refractivity contribution in [2.24, 2.45) is 0 Å². The molecule has 3 N–H and O–H groups in total. The first-order valence-electron chi connectivity index (χ1n) is 6.53. The number of carbonyl (C=O) groups is 2. The highest BCUT2D eigenvalue weighted by Crippen LogP contribution is 2.18. The Morgan fingerprint density at radius 1 is 1.40 bits per heavy atom. The minimum atomic E-state index is -0.534. The molecule has 0 bridgehead atoms. The van der Waals surface area contributed by atoms with Crippen molar-refractivity contribution in [3.63, 3.8) is 0 Å². The van der Waals surface area contributed by atoms with Crippen molar-refractivity contribution in [1.82, 2.24) is 10.6 Å². The molecule has 0 aromatic heterocycles. The number of carbonyl (C=O) groups excluding carboxylic acids is 2. The summed E-state index contributed by atoms with van der Waals surface area (Å²) in [5.41, 5.74) is 1.47.